The molecule has 0 saturated heterocycles. The third kappa shape index (κ3) is 4.59. The van der Waals surface area contributed by atoms with E-state index in [1.165, 1.54) is 19.1 Å². The first kappa shape index (κ1) is 15.0. The first-order chi connectivity index (χ1) is 7.75. The van der Waals surface area contributed by atoms with Gasteiger partial charge in [-0.15, -0.1) is 0 Å². The van der Waals surface area contributed by atoms with Crippen molar-refractivity contribution in [2.45, 2.75) is 58.5 Å². The summed E-state index contributed by atoms with van der Waals surface area (Å²) in [6.45, 7) is 4.34. The summed E-state index contributed by atoms with van der Waals surface area (Å²) in [6, 6.07) is 0. The lowest BCUT2D eigenvalue weighted by molar-refractivity contribution is 0.0110. The van der Waals surface area contributed by atoms with E-state index < -0.39 is 15.9 Å². The van der Waals surface area contributed by atoms with E-state index in [0.717, 1.165) is 19.3 Å². The van der Waals surface area contributed by atoms with E-state index in [1.807, 2.05) is 0 Å². The largest absolute Gasteiger partial charge is 0.393 e. The summed E-state index contributed by atoms with van der Waals surface area (Å²) in [6.07, 6.45) is 6.63. The average molecular weight is 262 g/mol. The van der Waals surface area contributed by atoms with Gasteiger partial charge in [0.15, 0.2) is 0 Å². The van der Waals surface area contributed by atoms with E-state index in [9.17, 15) is 13.5 Å². The van der Waals surface area contributed by atoms with Crippen LogP contribution < -0.4 is 0 Å². The highest BCUT2D eigenvalue weighted by Gasteiger charge is 2.40. The zero-order valence-corrected chi connectivity index (χ0v) is 12.1. The summed E-state index contributed by atoms with van der Waals surface area (Å²) in [5.74, 6) is 0.662. The van der Waals surface area contributed by atoms with Gasteiger partial charge in [-0.3, -0.25) is 0 Å². The maximum Gasteiger partial charge on any atom is 0.147 e. The van der Waals surface area contributed by atoms with Crippen molar-refractivity contribution in [1.29, 1.82) is 0 Å². The Morgan fingerprint density at radius 1 is 1.24 bits per heavy atom. The Hall–Kier alpha value is -0.0900. The highest BCUT2D eigenvalue weighted by Crippen LogP contribution is 2.46. The predicted octanol–water partition coefficient (Wildman–Crippen LogP) is 2.39. The van der Waals surface area contributed by atoms with Gasteiger partial charge in [0.05, 0.1) is 11.9 Å². The van der Waals surface area contributed by atoms with Crippen LogP contribution in [0.15, 0.2) is 0 Å². The molecule has 0 spiro atoms. The molecule has 0 aromatic carbocycles. The molecule has 1 atom stereocenters. The lowest BCUT2D eigenvalue weighted by Crippen LogP contribution is -2.35. The molecule has 0 aromatic rings. The fourth-order valence-electron chi connectivity index (χ4n) is 3.20. The van der Waals surface area contributed by atoms with Gasteiger partial charge in [0, 0.05) is 6.26 Å². The van der Waals surface area contributed by atoms with Crippen molar-refractivity contribution in [3.8, 4) is 0 Å². The SMILES string of the molecule is CC(C)CC1(C(O)CCS(C)(=O)=O)CCCC1. The molecule has 102 valence electrons. The predicted molar refractivity (Wildman–Crippen MR) is 70.7 cm³/mol. The fraction of sp³-hybridized carbons (Fsp3) is 1.00. The monoisotopic (exact) mass is 262 g/mol. The van der Waals surface area contributed by atoms with Crippen molar-refractivity contribution in [3.05, 3.63) is 0 Å². The third-order valence-electron chi connectivity index (χ3n) is 3.88. The summed E-state index contributed by atoms with van der Waals surface area (Å²) < 4.78 is 22.3. The standard InChI is InChI=1S/C13H26O3S/c1-11(2)10-13(7-4-5-8-13)12(14)6-9-17(3,15)16/h11-12,14H,4-10H2,1-3H3. The second-order valence-electron chi connectivity index (χ2n) is 6.10. The highest BCUT2D eigenvalue weighted by atomic mass is 32.2. The number of sulfone groups is 1. The van der Waals surface area contributed by atoms with E-state index in [1.54, 1.807) is 0 Å². The van der Waals surface area contributed by atoms with Crippen molar-refractivity contribution >= 4 is 9.84 Å². The molecule has 1 N–H and O–H groups in total. The Kier molecular flexibility index (Phi) is 5.02. The molecule has 1 fully saturated rings. The molecule has 17 heavy (non-hydrogen) atoms. The van der Waals surface area contributed by atoms with Crippen LogP contribution >= 0.6 is 0 Å². The molecule has 1 aliphatic carbocycles. The summed E-state index contributed by atoms with van der Waals surface area (Å²) >= 11 is 0. The van der Waals surface area contributed by atoms with Gasteiger partial charge in [-0.25, -0.2) is 8.42 Å². The summed E-state index contributed by atoms with van der Waals surface area (Å²) in [5, 5.41) is 10.3. The van der Waals surface area contributed by atoms with Crippen molar-refractivity contribution in [3.63, 3.8) is 0 Å². The topological polar surface area (TPSA) is 54.4 Å². The first-order valence-electron chi connectivity index (χ1n) is 6.61. The first-order valence-corrected chi connectivity index (χ1v) is 8.67. The van der Waals surface area contributed by atoms with E-state index in [2.05, 4.69) is 13.8 Å². The van der Waals surface area contributed by atoms with Gasteiger partial charge in [0.25, 0.3) is 0 Å². The Bertz CT molecular complexity index is 327. The summed E-state index contributed by atoms with van der Waals surface area (Å²) in [5.41, 5.74) is -0.0150. The van der Waals surface area contributed by atoms with E-state index in [-0.39, 0.29) is 11.2 Å². The number of aliphatic hydroxyl groups excluding tert-OH is 1. The van der Waals surface area contributed by atoms with Gasteiger partial charge in [0.1, 0.15) is 9.84 Å². The van der Waals surface area contributed by atoms with Crippen LogP contribution in [-0.4, -0.2) is 31.6 Å². The van der Waals surface area contributed by atoms with Crippen molar-refractivity contribution < 1.29 is 13.5 Å². The van der Waals surface area contributed by atoms with Crippen LogP contribution in [0.2, 0.25) is 0 Å². The molecule has 0 aromatic heterocycles. The van der Waals surface area contributed by atoms with Crippen molar-refractivity contribution in [1.82, 2.24) is 0 Å². The van der Waals surface area contributed by atoms with Crippen LogP contribution in [0, 0.1) is 11.3 Å². The molecule has 4 heteroatoms. The lowest BCUT2D eigenvalue weighted by atomic mass is 9.73. The zero-order valence-electron chi connectivity index (χ0n) is 11.3. The zero-order chi connectivity index (χ0) is 13.1. The Labute approximate surface area is 106 Å². The molecule has 1 aliphatic rings. The molecular weight excluding hydrogens is 236 g/mol. The smallest absolute Gasteiger partial charge is 0.147 e. The van der Waals surface area contributed by atoms with Gasteiger partial charge in [-0.05, 0) is 37.0 Å². The van der Waals surface area contributed by atoms with Gasteiger partial charge in [-0.1, -0.05) is 26.7 Å². The van der Waals surface area contributed by atoms with Crippen molar-refractivity contribution in [2.24, 2.45) is 11.3 Å². The van der Waals surface area contributed by atoms with Crippen LogP contribution in [0.5, 0.6) is 0 Å². The Balaban J connectivity index is 2.64. The van der Waals surface area contributed by atoms with Gasteiger partial charge in [0.2, 0.25) is 0 Å². The van der Waals surface area contributed by atoms with Gasteiger partial charge in [-0.2, -0.15) is 0 Å². The second kappa shape index (κ2) is 5.70. The molecule has 3 nitrogen and oxygen atoms in total. The highest BCUT2D eigenvalue weighted by molar-refractivity contribution is 7.90. The molecule has 0 amide bonds. The van der Waals surface area contributed by atoms with Gasteiger partial charge >= 0.3 is 0 Å². The molecular formula is C13H26O3S. The minimum atomic E-state index is -2.96. The van der Waals surface area contributed by atoms with Crippen LogP contribution in [0.4, 0.5) is 0 Å². The van der Waals surface area contributed by atoms with E-state index in [4.69, 9.17) is 0 Å². The van der Waals surface area contributed by atoms with Crippen LogP contribution in [0.3, 0.4) is 0 Å². The number of hydrogen-bond acceptors (Lipinski definition) is 3. The maximum absolute atomic E-state index is 11.2. The molecule has 1 saturated carbocycles. The van der Waals surface area contributed by atoms with Crippen molar-refractivity contribution in [2.75, 3.05) is 12.0 Å². The minimum absolute atomic E-state index is 0.0150. The van der Waals surface area contributed by atoms with Gasteiger partial charge < -0.3 is 5.11 Å². The molecule has 0 bridgehead atoms. The quantitative estimate of drug-likeness (QED) is 0.799. The van der Waals surface area contributed by atoms with Crippen LogP contribution in [-0.2, 0) is 9.84 Å². The summed E-state index contributed by atoms with van der Waals surface area (Å²) in [4.78, 5) is 0. The molecule has 1 unspecified atom stereocenters. The molecule has 0 heterocycles. The second-order valence-corrected chi connectivity index (χ2v) is 8.36. The number of rotatable bonds is 6. The number of hydrogen-bond donors (Lipinski definition) is 1. The van der Waals surface area contributed by atoms with E-state index >= 15 is 0 Å². The van der Waals surface area contributed by atoms with Crippen LogP contribution in [0.1, 0.15) is 52.4 Å². The van der Waals surface area contributed by atoms with E-state index in [0.29, 0.717) is 12.3 Å². The fourth-order valence-corrected chi connectivity index (χ4v) is 3.85. The lowest BCUT2D eigenvalue weighted by Gasteiger charge is -2.36. The summed E-state index contributed by atoms with van der Waals surface area (Å²) in [7, 11) is -2.96. The third-order valence-corrected chi connectivity index (χ3v) is 4.86. The molecule has 0 aliphatic heterocycles. The Morgan fingerprint density at radius 2 is 1.76 bits per heavy atom. The molecule has 0 radical (unpaired) electrons. The molecule has 1 rings (SSSR count). The van der Waals surface area contributed by atoms with Crippen LogP contribution in [0.25, 0.3) is 0 Å². The number of aliphatic hydroxyl groups is 1. The maximum atomic E-state index is 11.2. The minimum Gasteiger partial charge on any atom is -0.393 e. The Morgan fingerprint density at radius 3 is 2.18 bits per heavy atom. The average Bonchev–Trinajstić information content (AvgIpc) is 2.61. The normalized spacial score (nSPS) is 21.9.